The van der Waals surface area contributed by atoms with E-state index in [0.717, 1.165) is 47.8 Å². The number of amides is 1. The maximum absolute atomic E-state index is 12.7. The van der Waals surface area contributed by atoms with E-state index in [-0.39, 0.29) is 5.91 Å². The van der Waals surface area contributed by atoms with Crippen molar-refractivity contribution in [2.24, 2.45) is 0 Å². The monoisotopic (exact) mass is 350 g/mol. The molecule has 0 radical (unpaired) electrons. The molecule has 1 aromatic rings. The summed E-state index contributed by atoms with van der Waals surface area (Å²) in [6.45, 7) is 5.80. The summed E-state index contributed by atoms with van der Waals surface area (Å²) in [6, 6.07) is 6.68. The predicted molar refractivity (Wildman–Crippen MR) is 88.6 cm³/mol. The minimum Gasteiger partial charge on any atom is -0.336 e. The molecule has 21 heavy (non-hydrogen) atoms. The van der Waals surface area contributed by atoms with Crippen molar-refractivity contribution in [3.05, 3.63) is 33.8 Å². The molecule has 1 aliphatic heterocycles. The standard InChI is InChI=1S/C17H23BrN2O/c1-13-5-4-8-15(16(13)18)17(21)20-11-9-19(10-12-20)14-6-2-3-7-14/h4-5,8,14H,2-3,6-7,9-12H2,1H3. The fourth-order valence-electron chi connectivity index (χ4n) is 3.54. The fraction of sp³-hybridized carbons (Fsp3) is 0.588. The van der Waals surface area contributed by atoms with E-state index < -0.39 is 0 Å². The highest BCUT2D eigenvalue weighted by molar-refractivity contribution is 9.10. The normalized spacial score (nSPS) is 21.0. The quantitative estimate of drug-likeness (QED) is 0.815. The van der Waals surface area contributed by atoms with Gasteiger partial charge in [0.2, 0.25) is 0 Å². The van der Waals surface area contributed by atoms with E-state index in [4.69, 9.17) is 0 Å². The van der Waals surface area contributed by atoms with Crippen molar-refractivity contribution in [3.8, 4) is 0 Å². The third-order valence-corrected chi connectivity index (χ3v) is 5.92. The molecule has 3 rings (SSSR count). The van der Waals surface area contributed by atoms with E-state index in [2.05, 4.69) is 20.8 Å². The Hall–Kier alpha value is -0.870. The van der Waals surface area contributed by atoms with Crippen molar-refractivity contribution in [1.29, 1.82) is 0 Å². The van der Waals surface area contributed by atoms with Gasteiger partial charge in [-0.2, -0.15) is 0 Å². The van der Waals surface area contributed by atoms with Gasteiger partial charge < -0.3 is 4.90 Å². The van der Waals surface area contributed by atoms with E-state index in [9.17, 15) is 4.79 Å². The Morgan fingerprint density at radius 2 is 1.81 bits per heavy atom. The van der Waals surface area contributed by atoms with Crippen molar-refractivity contribution in [1.82, 2.24) is 9.80 Å². The maximum atomic E-state index is 12.7. The van der Waals surface area contributed by atoms with Crippen LogP contribution in [-0.4, -0.2) is 47.9 Å². The predicted octanol–water partition coefficient (Wildman–Crippen LogP) is 3.46. The lowest BCUT2D eigenvalue weighted by molar-refractivity contribution is 0.0572. The summed E-state index contributed by atoms with van der Waals surface area (Å²) >= 11 is 3.56. The van der Waals surface area contributed by atoms with Crippen molar-refractivity contribution in [2.75, 3.05) is 26.2 Å². The van der Waals surface area contributed by atoms with Crippen molar-refractivity contribution in [3.63, 3.8) is 0 Å². The lowest BCUT2D eigenvalue weighted by Gasteiger charge is -2.38. The molecule has 0 aromatic heterocycles. The molecule has 0 bridgehead atoms. The van der Waals surface area contributed by atoms with Gasteiger partial charge in [-0.05, 0) is 47.3 Å². The van der Waals surface area contributed by atoms with Gasteiger partial charge in [0.15, 0.2) is 0 Å². The molecular formula is C17H23BrN2O. The number of hydrogen-bond acceptors (Lipinski definition) is 2. The van der Waals surface area contributed by atoms with Crippen molar-refractivity contribution < 1.29 is 4.79 Å². The fourth-order valence-corrected chi connectivity index (χ4v) is 3.98. The van der Waals surface area contributed by atoms with Crippen LogP contribution in [0.5, 0.6) is 0 Å². The molecule has 1 amide bonds. The van der Waals surface area contributed by atoms with Crippen LogP contribution in [0.15, 0.2) is 22.7 Å². The SMILES string of the molecule is Cc1cccc(C(=O)N2CCN(C3CCCC3)CC2)c1Br. The van der Waals surface area contributed by atoms with Crippen molar-refractivity contribution >= 4 is 21.8 Å². The number of rotatable bonds is 2. The molecule has 2 aliphatic rings. The Kier molecular flexibility index (Phi) is 4.65. The maximum Gasteiger partial charge on any atom is 0.255 e. The number of halogens is 1. The van der Waals surface area contributed by atoms with Crippen LogP contribution in [0.2, 0.25) is 0 Å². The first-order valence-electron chi connectivity index (χ1n) is 7.95. The zero-order chi connectivity index (χ0) is 14.8. The zero-order valence-corrected chi connectivity index (χ0v) is 14.2. The van der Waals surface area contributed by atoms with Gasteiger partial charge >= 0.3 is 0 Å². The molecule has 1 heterocycles. The summed E-state index contributed by atoms with van der Waals surface area (Å²) < 4.78 is 0.938. The topological polar surface area (TPSA) is 23.6 Å². The Balaban J connectivity index is 1.63. The van der Waals surface area contributed by atoms with E-state index in [0.29, 0.717) is 0 Å². The molecule has 1 saturated carbocycles. The molecule has 0 atom stereocenters. The molecule has 4 heteroatoms. The number of nitrogens with zero attached hydrogens (tertiary/aromatic N) is 2. The molecule has 0 spiro atoms. The van der Waals surface area contributed by atoms with E-state index in [1.807, 2.05) is 30.0 Å². The van der Waals surface area contributed by atoms with Gasteiger partial charge in [-0.15, -0.1) is 0 Å². The second-order valence-corrected chi connectivity index (χ2v) is 7.00. The highest BCUT2D eigenvalue weighted by atomic mass is 79.9. The summed E-state index contributed by atoms with van der Waals surface area (Å²) in [5, 5.41) is 0. The first-order valence-corrected chi connectivity index (χ1v) is 8.74. The van der Waals surface area contributed by atoms with Gasteiger partial charge in [-0.1, -0.05) is 25.0 Å². The van der Waals surface area contributed by atoms with Gasteiger partial charge in [0, 0.05) is 36.7 Å². The largest absolute Gasteiger partial charge is 0.336 e. The van der Waals surface area contributed by atoms with Gasteiger partial charge in [-0.3, -0.25) is 9.69 Å². The van der Waals surface area contributed by atoms with E-state index in [1.165, 1.54) is 25.7 Å². The first-order chi connectivity index (χ1) is 10.2. The molecule has 0 unspecified atom stereocenters. The van der Waals surface area contributed by atoms with Gasteiger partial charge in [0.25, 0.3) is 5.91 Å². The van der Waals surface area contributed by atoms with Crippen LogP contribution in [0.25, 0.3) is 0 Å². The number of aryl methyl sites for hydroxylation is 1. The second-order valence-electron chi connectivity index (χ2n) is 6.20. The van der Waals surface area contributed by atoms with Crippen LogP contribution in [0.4, 0.5) is 0 Å². The molecule has 1 aliphatic carbocycles. The number of carbonyl (C=O) groups excluding carboxylic acids is 1. The smallest absolute Gasteiger partial charge is 0.255 e. The van der Waals surface area contributed by atoms with Gasteiger partial charge in [-0.25, -0.2) is 0 Å². The van der Waals surface area contributed by atoms with Crippen LogP contribution >= 0.6 is 15.9 Å². The van der Waals surface area contributed by atoms with E-state index >= 15 is 0 Å². The summed E-state index contributed by atoms with van der Waals surface area (Å²) in [6.07, 6.45) is 5.44. The molecule has 1 aromatic carbocycles. The van der Waals surface area contributed by atoms with Gasteiger partial charge in [0.05, 0.1) is 5.56 Å². The van der Waals surface area contributed by atoms with Crippen LogP contribution in [0, 0.1) is 6.92 Å². The van der Waals surface area contributed by atoms with Crippen molar-refractivity contribution in [2.45, 2.75) is 38.6 Å². The van der Waals surface area contributed by atoms with Crippen LogP contribution in [0.1, 0.15) is 41.6 Å². The number of hydrogen-bond donors (Lipinski definition) is 0. The zero-order valence-electron chi connectivity index (χ0n) is 12.6. The minimum atomic E-state index is 0.164. The Morgan fingerprint density at radius 1 is 1.14 bits per heavy atom. The summed E-state index contributed by atoms with van der Waals surface area (Å²) in [7, 11) is 0. The molecule has 0 N–H and O–H groups in total. The van der Waals surface area contributed by atoms with Crippen LogP contribution in [0.3, 0.4) is 0 Å². The van der Waals surface area contributed by atoms with Crippen LogP contribution in [-0.2, 0) is 0 Å². The molecule has 3 nitrogen and oxygen atoms in total. The number of benzene rings is 1. The first kappa shape index (κ1) is 15.0. The third kappa shape index (κ3) is 3.16. The minimum absolute atomic E-state index is 0.164. The molecule has 1 saturated heterocycles. The third-order valence-electron chi connectivity index (χ3n) is 4.86. The summed E-state index contributed by atoms with van der Waals surface area (Å²) in [5.74, 6) is 0.164. The highest BCUT2D eigenvalue weighted by Gasteiger charge is 2.28. The Labute approximate surface area is 135 Å². The van der Waals surface area contributed by atoms with E-state index in [1.54, 1.807) is 0 Å². The Morgan fingerprint density at radius 3 is 2.48 bits per heavy atom. The highest BCUT2D eigenvalue weighted by Crippen LogP contribution is 2.26. The Bertz CT molecular complexity index is 518. The lowest BCUT2D eigenvalue weighted by Crippen LogP contribution is -2.51. The number of piperazine rings is 1. The lowest BCUT2D eigenvalue weighted by atomic mass is 10.1. The van der Waals surface area contributed by atoms with Crippen LogP contribution < -0.4 is 0 Å². The molecule has 2 fully saturated rings. The van der Waals surface area contributed by atoms with Gasteiger partial charge in [0.1, 0.15) is 0 Å². The molecule has 114 valence electrons. The average molecular weight is 351 g/mol. The number of carbonyl (C=O) groups is 1. The summed E-state index contributed by atoms with van der Waals surface area (Å²) in [4.78, 5) is 17.3. The molecular weight excluding hydrogens is 328 g/mol. The second kappa shape index (κ2) is 6.49. The summed E-state index contributed by atoms with van der Waals surface area (Å²) in [5.41, 5.74) is 1.91. The average Bonchev–Trinajstić information content (AvgIpc) is 3.04.